The van der Waals surface area contributed by atoms with Crippen LogP contribution in [0.5, 0.6) is 0 Å². The number of nitro groups is 2. The maximum Gasteiger partial charge on any atom is 0.331 e. The van der Waals surface area contributed by atoms with Gasteiger partial charge in [0.1, 0.15) is 0 Å². The summed E-state index contributed by atoms with van der Waals surface area (Å²) in [5.74, 6) is -2.37. The maximum atomic E-state index is 11.6. The third-order valence-corrected chi connectivity index (χ3v) is 3.21. The van der Waals surface area contributed by atoms with Crippen LogP contribution >= 0.6 is 0 Å². The van der Waals surface area contributed by atoms with Crippen molar-refractivity contribution in [2.75, 3.05) is 0 Å². The molecule has 0 atom stereocenters. The third kappa shape index (κ3) is 5.26. The van der Waals surface area contributed by atoms with Gasteiger partial charge in [0.25, 0.3) is 11.4 Å². The molecular weight excluding hydrogens is 372 g/mol. The van der Waals surface area contributed by atoms with Gasteiger partial charge in [0.2, 0.25) is 0 Å². The summed E-state index contributed by atoms with van der Waals surface area (Å²) in [5.41, 5.74) is 3.59. The van der Waals surface area contributed by atoms with Gasteiger partial charge in [-0.1, -0.05) is 24.3 Å². The second-order valence-corrected chi connectivity index (χ2v) is 5.03. The number of hydrogen-bond acceptors (Lipinski definition) is 8. The van der Waals surface area contributed by atoms with E-state index in [0.29, 0.717) is 0 Å². The topological polar surface area (TPSA) is 169 Å². The van der Waals surface area contributed by atoms with Crippen molar-refractivity contribution in [1.29, 1.82) is 0 Å². The number of rotatable bonds is 6. The van der Waals surface area contributed by atoms with E-state index in [4.69, 9.17) is 0 Å². The van der Waals surface area contributed by atoms with Crippen molar-refractivity contribution in [3.05, 3.63) is 79.9 Å². The molecule has 0 fully saturated rings. The fraction of sp³-hybridized carbons (Fsp3) is 0. The van der Waals surface area contributed by atoms with Crippen LogP contribution in [0.4, 0.5) is 11.4 Å². The summed E-state index contributed by atoms with van der Waals surface area (Å²) in [5, 5.41) is 28.7. The minimum atomic E-state index is -1.19. The van der Waals surface area contributed by atoms with E-state index in [-0.39, 0.29) is 22.5 Å². The van der Waals surface area contributed by atoms with Gasteiger partial charge in [-0.05, 0) is 12.1 Å². The fourth-order valence-corrected chi connectivity index (χ4v) is 1.95. The van der Waals surface area contributed by atoms with Crippen LogP contribution in [0.15, 0.2) is 58.7 Å². The second-order valence-electron chi connectivity index (χ2n) is 5.03. The smallest absolute Gasteiger partial charge is 0.262 e. The predicted molar refractivity (Wildman–Crippen MR) is 97.7 cm³/mol. The number of carbonyl (C=O) groups is 2. The molecule has 0 unspecified atom stereocenters. The van der Waals surface area contributed by atoms with Gasteiger partial charge in [0, 0.05) is 12.1 Å². The van der Waals surface area contributed by atoms with Gasteiger partial charge in [-0.25, -0.2) is 10.9 Å². The third-order valence-electron chi connectivity index (χ3n) is 3.21. The average molecular weight is 384 g/mol. The van der Waals surface area contributed by atoms with E-state index in [1.807, 2.05) is 10.9 Å². The Bertz CT molecular complexity index is 908. The van der Waals surface area contributed by atoms with Crippen molar-refractivity contribution in [2.45, 2.75) is 0 Å². The lowest BCUT2D eigenvalue weighted by Crippen LogP contribution is -2.35. The molecule has 0 saturated heterocycles. The first-order valence-electron chi connectivity index (χ1n) is 7.53. The molecule has 12 nitrogen and oxygen atoms in total. The first kappa shape index (κ1) is 19.8. The molecule has 2 aromatic carbocycles. The molecule has 0 radical (unpaired) electrons. The standard InChI is InChI=1S/C16H12N6O6/c23-15(19-17-9-11-5-1-3-7-13(11)21(25)26)16(24)20-18-10-12-6-2-4-8-14(12)22(27)28/h1-10H,(H,19,23)(H,20,24)/b17-9+,18-10+. The molecule has 0 bridgehead atoms. The number of nitro benzene ring substituents is 2. The van der Waals surface area contributed by atoms with Gasteiger partial charge < -0.3 is 0 Å². The summed E-state index contributed by atoms with van der Waals surface area (Å²) in [4.78, 5) is 43.7. The Hall–Kier alpha value is -4.48. The molecule has 0 spiro atoms. The Kier molecular flexibility index (Phi) is 6.58. The first-order chi connectivity index (χ1) is 13.4. The van der Waals surface area contributed by atoms with Gasteiger partial charge in [-0.2, -0.15) is 10.2 Å². The zero-order valence-corrected chi connectivity index (χ0v) is 14.0. The molecule has 142 valence electrons. The van der Waals surface area contributed by atoms with Crippen molar-refractivity contribution in [3.63, 3.8) is 0 Å². The molecule has 12 heteroatoms. The lowest BCUT2D eigenvalue weighted by atomic mass is 10.2. The van der Waals surface area contributed by atoms with E-state index >= 15 is 0 Å². The van der Waals surface area contributed by atoms with Crippen LogP contribution in [-0.4, -0.2) is 34.1 Å². The number of carbonyl (C=O) groups excluding carboxylic acids is 2. The van der Waals surface area contributed by atoms with Gasteiger partial charge in [-0.15, -0.1) is 0 Å². The zero-order chi connectivity index (χ0) is 20.5. The Balaban J connectivity index is 1.95. The Morgan fingerprint density at radius 3 is 1.46 bits per heavy atom. The van der Waals surface area contributed by atoms with Crippen LogP contribution in [0.25, 0.3) is 0 Å². The lowest BCUT2D eigenvalue weighted by Gasteiger charge is -1.99. The largest absolute Gasteiger partial charge is 0.331 e. The van der Waals surface area contributed by atoms with Crippen LogP contribution in [0, 0.1) is 20.2 Å². The van der Waals surface area contributed by atoms with Crippen molar-refractivity contribution in [1.82, 2.24) is 10.9 Å². The molecule has 2 N–H and O–H groups in total. The minimum Gasteiger partial charge on any atom is -0.262 e. The Morgan fingerprint density at radius 2 is 1.11 bits per heavy atom. The summed E-state index contributed by atoms with van der Waals surface area (Å²) in [7, 11) is 0. The van der Waals surface area contributed by atoms with E-state index in [1.165, 1.54) is 36.4 Å². The molecule has 0 aromatic heterocycles. The Morgan fingerprint density at radius 1 is 0.750 bits per heavy atom. The molecule has 0 aliphatic carbocycles. The van der Waals surface area contributed by atoms with Crippen molar-refractivity contribution >= 4 is 35.6 Å². The van der Waals surface area contributed by atoms with Gasteiger partial charge in [-0.3, -0.25) is 29.8 Å². The molecule has 0 aliphatic heterocycles. The van der Waals surface area contributed by atoms with Gasteiger partial charge in [0.15, 0.2) is 0 Å². The van der Waals surface area contributed by atoms with Crippen LogP contribution in [0.3, 0.4) is 0 Å². The summed E-state index contributed by atoms with van der Waals surface area (Å²) >= 11 is 0. The van der Waals surface area contributed by atoms with E-state index in [1.54, 1.807) is 12.1 Å². The number of hydrazone groups is 2. The first-order valence-corrected chi connectivity index (χ1v) is 7.53. The lowest BCUT2D eigenvalue weighted by molar-refractivity contribution is -0.385. The van der Waals surface area contributed by atoms with Crippen LogP contribution < -0.4 is 10.9 Å². The van der Waals surface area contributed by atoms with Crippen molar-refractivity contribution in [3.8, 4) is 0 Å². The fourth-order valence-electron chi connectivity index (χ4n) is 1.95. The highest BCUT2D eigenvalue weighted by molar-refractivity contribution is 6.35. The van der Waals surface area contributed by atoms with Crippen molar-refractivity contribution < 1.29 is 19.4 Å². The SMILES string of the molecule is O=C(N/N=C/c1ccccc1[N+](=O)[O-])C(=O)N/N=C/c1ccccc1[N+](=O)[O-]. The van der Waals surface area contributed by atoms with E-state index in [0.717, 1.165) is 12.4 Å². The van der Waals surface area contributed by atoms with E-state index in [2.05, 4.69) is 10.2 Å². The quantitative estimate of drug-likeness (QED) is 0.327. The van der Waals surface area contributed by atoms with Crippen LogP contribution in [-0.2, 0) is 9.59 Å². The maximum absolute atomic E-state index is 11.6. The highest BCUT2D eigenvalue weighted by atomic mass is 16.6. The monoisotopic (exact) mass is 384 g/mol. The number of hydrogen-bond donors (Lipinski definition) is 2. The van der Waals surface area contributed by atoms with Gasteiger partial charge >= 0.3 is 11.8 Å². The highest BCUT2D eigenvalue weighted by Crippen LogP contribution is 2.15. The summed E-state index contributed by atoms with van der Waals surface area (Å²) in [6, 6.07) is 11.4. The molecule has 28 heavy (non-hydrogen) atoms. The van der Waals surface area contributed by atoms with Crippen LogP contribution in [0.2, 0.25) is 0 Å². The molecular formula is C16H12N6O6. The number of para-hydroxylation sites is 2. The van der Waals surface area contributed by atoms with Gasteiger partial charge in [0.05, 0.1) is 33.4 Å². The number of nitrogens with zero attached hydrogens (tertiary/aromatic N) is 4. The Labute approximate surface area is 156 Å². The summed E-state index contributed by atoms with van der Waals surface area (Å²) < 4.78 is 0. The number of amides is 2. The van der Waals surface area contributed by atoms with Crippen LogP contribution in [0.1, 0.15) is 11.1 Å². The zero-order valence-electron chi connectivity index (χ0n) is 14.0. The second kappa shape index (κ2) is 9.28. The summed E-state index contributed by atoms with van der Waals surface area (Å²) in [6.07, 6.45) is 2.03. The number of benzene rings is 2. The molecule has 0 aliphatic rings. The summed E-state index contributed by atoms with van der Waals surface area (Å²) in [6.45, 7) is 0. The molecule has 2 aromatic rings. The van der Waals surface area contributed by atoms with Crippen molar-refractivity contribution in [2.24, 2.45) is 10.2 Å². The van der Waals surface area contributed by atoms with E-state index in [9.17, 15) is 29.8 Å². The average Bonchev–Trinajstić information content (AvgIpc) is 2.68. The normalized spacial score (nSPS) is 10.7. The van der Waals surface area contributed by atoms with E-state index < -0.39 is 21.7 Å². The molecule has 2 rings (SSSR count). The molecule has 2 amide bonds. The number of nitrogens with one attached hydrogen (secondary N) is 2. The highest BCUT2D eigenvalue weighted by Gasteiger charge is 2.14. The molecule has 0 heterocycles. The minimum absolute atomic E-state index is 0.127. The predicted octanol–water partition coefficient (Wildman–Crippen LogP) is 1.10. The molecule has 0 saturated carbocycles.